The minimum Gasteiger partial charge on any atom is -0.454 e. The second-order valence-electron chi connectivity index (χ2n) is 6.35. The van der Waals surface area contributed by atoms with Crippen molar-refractivity contribution in [3.8, 4) is 0 Å². The highest BCUT2D eigenvalue weighted by atomic mass is 127. The van der Waals surface area contributed by atoms with Gasteiger partial charge in [-0.3, -0.25) is 4.79 Å². The van der Waals surface area contributed by atoms with Crippen LogP contribution < -0.4 is 21.3 Å². The number of nitrogens with zero attached hydrogens (tertiary/aromatic N) is 2. The Morgan fingerprint density at radius 1 is 1.36 bits per heavy atom. The van der Waals surface area contributed by atoms with E-state index in [1.165, 1.54) is 5.69 Å². The summed E-state index contributed by atoms with van der Waals surface area (Å²) in [7, 11) is 0. The van der Waals surface area contributed by atoms with Crippen LogP contribution in [0.15, 0.2) is 50.3 Å². The second-order valence-corrected chi connectivity index (χ2v) is 7.21. The van der Waals surface area contributed by atoms with E-state index in [4.69, 9.17) is 10.2 Å². The molecular formula is C19H25BrIN5O2. The zero-order valence-corrected chi connectivity index (χ0v) is 19.6. The summed E-state index contributed by atoms with van der Waals surface area (Å²) in [5, 5.41) is 6.74. The molecule has 0 saturated carbocycles. The Kier molecular flexibility index (Phi) is 8.61. The van der Waals surface area contributed by atoms with E-state index in [1.807, 2.05) is 13.0 Å². The number of anilines is 1. The normalized spacial score (nSPS) is 16.6. The zero-order chi connectivity index (χ0) is 19.2. The van der Waals surface area contributed by atoms with Crippen molar-refractivity contribution >= 4 is 57.5 Å². The first-order valence-corrected chi connectivity index (χ1v) is 9.79. The van der Waals surface area contributed by atoms with E-state index in [1.54, 1.807) is 12.1 Å². The van der Waals surface area contributed by atoms with Gasteiger partial charge in [0.1, 0.15) is 12.3 Å². The molecule has 2 heterocycles. The van der Waals surface area contributed by atoms with Crippen molar-refractivity contribution in [1.29, 1.82) is 0 Å². The van der Waals surface area contributed by atoms with Gasteiger partial charge < -0.3 is 25.7 Å². The molecule has 1 amide bonds. The molecule has 9 heteroatoms. The van der Waals surface area contributed by atoms with Crippen LogP contribution in [0.1, 0.15) is 29.7 Å². The average molecular weight is 562 g/mol. The van der Waals surface area contributed by atoms with Gasteiger partial charge in [-0.1, -0.05) is 12.1 Å². The van der Waals surface area contributed by atoms with Gasteiger partial charge in [-0.25, -0.2) is 4.99 Å². The fourth-order valence-electron chi connectivity index (χ4n) is 3.07. The Balaban J connectivity index is 0.00000280. The van der Waals surface area contributed by atoms with E-state index in [9.17, 15) is 4.79 Å². The number of primary amides is 1. The number of para-hydroxylation sites is 1. The molecule has 1 aliphatic heterocycles. The summed E-state index contributed by atoms with van der Waals surface area (Å²) >= 11 is 3.62. The van der Waals surface area contributed by atoms with Crippen LogP contribution in [0.4, 0.5) is 5.69 Å². The smallest absolute Gasteiger partial charge is 0.284 e. The molecule has 1 fully saturated rings. The first-order valence-electron chi connectivity index (χ1n) is 8.99. The summed E-state index contributed by atoms with van der Waals surface area (Å²) in [5.74, 6) is 0.905. The largest absolute Gasteiger partial charge is 0.454 e. The Morgan fingerprint density at radius 2 is 2.14 bits per heavy atom. The van der Waals surface area contributed by atoms with Crippen LogP contribution in [0.3, 0.4) is 0 Å². The predicted octanol–water partition coefficient (Wildman–Crippen LogP) is 3.09. The van der Waals surface area contributed by atoms with Gasteiger partial charge >= 0.3 is 0 Å². The third-order valence-corrected chi connectivity index (χ3v) is 5.03. The number of halogens is 2. The van der Waals surface area contributed by atoms with Gasteiger partial charge in [0, 0.05) is 30.1 Å². The minimum absolute atomic E-state index is 0. The van der Waals surface area contributed by atoms with Crippen molar-refractivity contribution in [2.24, 2.45) is 10.7 Å². The first kappa shape index (κ1) is 22.5. The zero-order valence-electron chi connectivity index (χ0n) is 15.7. The monoisotopic (exact) mass is 561 g/mol. The third-order valence-electron chi connectivity index (χ3n) is 4.36. The molecule has 0 bridgehead atoms. The maximum Gasteiger partial charge on any atom is 0.284 e. The second kappa shape index (κ2) is 10.7. The molecule has 1 atom stereocenters. The van der Waals surface area contributed by atoms with E-state index < -0.39 is 5.91 Å². The molecule has 0 spiro atoms. The number of amides is 1. The van der Waals surface area contributed by atoms with Gasteiger partial charge in [0.2, 0.25) is 0 Å². The molecular weight excluding hydrogens is 537 g/mol. The molecule has 0 aliphatic carbocycles. The van der Waals surface area contributed by atoms with Crippen LogP contribution in [0.2, 0.25) is 0 Å². The summed E-state index contributed by atoms with van der Waals surface area (Å²) in [4.78, 5) is 18.0. The number of carbonyl (C=O) groups excluding carboxylic acids is 1. The summed E-state index contributed by atoms with van der Waals surface area (Å²) in [6.45, 7) is 5.01. The van der Waals surface area contributed by atoms with Gasteiger partial charge in [-0.15, -0.1) is 24.0 Å². The number of nitrogens with two attached hydrogens (primary N) is 1. The van der Waals surface area contributed by atoms with E-state index in [0.717, 1.165) is 36.5 Å². The SMILES string of the molecule is CCNC(=NCc1ccc(C(N)=O)o1)NC1CCN(c2ccccc2Br)C1.I. The highest BCUT2D eigenvalue weighted by molar-refractivity contribution is 14.0. The average Bonchev–Trinajstić information content (AvgIpc) is 3.30. The number of nitrogens with one attached hydrogen (secondary N) is 2. The molecule has 1 aliphatic rings. The number of hydrogen-bond acceptors (Lipinski definition) is 4. The lowest BCUT2D eigenvalue weighted by molar-refractivity contribution is 0.0972. The van der Waals surface area contributed by atoms with Crippen LogP contribution in [-0.4, -0.2) is 37.5 Å². The predicted molar refractivity (Wildman–Crippen MR) is 125 cm³/mol. The molecule has 1 saturated heterocycles. The third kappa shape index (κ3) is 5.87. The Bertz CT molecular complexity index is 826. The van der Waals surface area contributed by atoms with Crippen LogP contribution in [0, 0.1) is 0 Å². The lowest BCUT2D eigenvalue weighted by atomic mass is 10.3. The maximum atomic E-state index is 11.1. The number of benzene rings is 1. The molecule has 2 aromatic rings. The lowest BCUT2D eigenvalue weighted by Gasteiger charge is -2.21. The van der Waals surface area contributed by atoms with Gasteiger partial charge in [-0.05, 0) is 53.5 Å². The van der Waals surface area contributed by atoms with Gasteiger partial charge in [0.25, 0.3) is 5.91 Å². The molecule has 7 nitrogen and oxygen atoms in total. The van der Waals surface area contributed by atoms with Crippen LogP contribution >= 0.6 is 39.9 Å². The molecule has 4 N–H and O–H groups in total. The maximum absolute atomic E-state index is 11.1. The van der Waals surface area contributed by atoms with Crippen LogP contribution in [-0.2, 0) is 6.54 Å². The molecule has 0 radical (unpaired) electrons. The number of hydrogen-bond donors (Lipinski definition) is 3. The van der Waals surface area contributed by atoms with Gasteiger partial charge in [-0.2, -0.15) is 0 Å². The molecule has 28 heavy (non-hydrogen) atoms. The Hall–Kier alpha value is -1.75. The van der Waals surface area contributed by atoms with Gasteiger partial charge in [0.05, 0.1) is 5.69 Å². The Morgan fingerprint density at radius 3 is 2.82 bits per heavy atom. The summed E-state index contributed by atoms with van der Waals surface area (Å²) < 4.78 is 6.49. The molecule has 1 aromatic heterocycles. The van der Waals surface area contributed by atoms with E-state index in [0.29, 0.717) is 18.3 Å². The number of carbonyl (C=O) groups is 1. The van der Waals surface area contributed by atoms with E-state index >= 15 is 0 Å². The van der Waals surface area contributed by atoms with Crippen molar-refractivity contribution in [2.75, 3.05) is 24.5 Å². The Labute approximate surface area is 190 Å². The highest BCUT2D eigenvalue weighted by Crippen LogP contribution is 2.28. The summed E-state index contributed by atoms with van der Waals surface area (Å²) in [6.07, 6.45) is 1.03. The fraction of sp³-hybridized carbons (Fsp3) is 0.368. The molecule has 1 unspecified atom stereocenters. The number of aliphatic imine (C=N–C) groups is 1. The number of guanidine groups is 1. The summed E-state index contributed by atoms with van der Waals surface area (Å²) in [6, 6.07) is 11.8. The van der Waals surface area contributed by atoms with Crippen molar-refractivity contribution < 1.29 is 9.21 Å². The van der Waals surface area contributed by atoms with Crippen LogP contribution in [0.5, 0.6) is 0 Å². The van der Waals surface area contributed by atoms with Crippen molar-refractivity contribution in [2.45, 2.75) is 25.9 Å². The highest BCUT2D eigenvalue weighted by Gasteiger charge is 2.24. The molecule has 152 valence electrons. The topological polar surface area (TPSA) is 95.9 Å². The van der Waals surface area contributed by atoms with Gasteiger partial charge in [0.15, 0.2) is 11.7 Å². The number of furan rings is 1. The van der Waals surface area contributed by atoms with Crippen molar-refractivity contribution in [1.82, 2.24) is 10.6 Å². The summed E-state index contributed by atoms with van der Waals surface area (Å²) in [5.41, 5.74) is 6.42. The number of rotatable bonds is 6. The molecule has 3 rings (SSSR count). The van der Waals surface area contributed by atoms with E-state index in [-0.39, 0.29) is 29.7 Å². The van der Waals surface area contributed by atoms with Crippen molar-refractivity contribution in [3.63, 3.8) is 0 Å². The van der Waals surface area contributed by atoms with E-state index in [2.05, 4.69) is 54.7 Å². The first-order chi connectivity index (χ1) is 13.1. The lowest BCUT2D eigenvalue weighted by Crippen LogP contribution is -2.44. The van der Waals surface area contributed by atoms with Crippen molar-refractivity contribution in [3.05, 3.63) is 52.4 Å². The minimum atomic E-state index is -0.576. The fourth-order valence-corrected chi connectivity index (χ4v) is 3.61. The molecule has 1 aromatic carbocycles. The standard InChI is InChI=1S/C19H24BrN5O2.HI/c1-2-22-19(23-11-14-7-8-17(27-14)18(21)26)24-13-9-10-25(12-13)16-6-4-3-5-15(16)20;/h3-8,13H,2,9-12H2,1H3,(H2,21,26)(H2,22,23,24);1H. The van der Waals surface area contributed by atoms with Crippen LogP contribution in [0.25, 0.3) is 0 Å². The quantitative estimate of drug-likeness (QED) is 0.286.